The standard InChI is InChI=1S/C25H15BrN2O2/c26-17-11-14-19-24(15-17)30-25(27-19)16-9-12-18(13-10-16)28-20-5-1-3-7-22(20)29-23-8-4-2-6-21(23)28/h1-15H. The van der Waals surface area contributed by atoms with Crippen molar-refractivity contribution in [1.29, 1.82) is 0 Å². The van der Waals surface area contributed by atoms with Crippen molar-refractivity contribution in [3.63, 3.8) is 0 Å². The van der Waals surface area contributed by atoms with E-state index in [0.29, 0.717) is 5.89 Å². The largest absolute Gasteiger partial charge is 0.453 e. The van der Waals surface area contributed by atoms with Gasteiger partial charge in [0.15, 0.2) is 17.1 Å². The van der Waals surface area contributed by atoms with Crippen molar-refractivity contribution in [3.05, 3.63) is 95.5 Å². The third-order valence-electron chi connectivity index (χ3n) is 5.16. The quantitative estimate of drug-likeness (QED) is 0.267. The summed E-state index contributed by atoms with van der Waals surface area (Å²) in [6.07, 6.45) is 0. The van der Waals surface area contributed by atoms with Gasteiger partial charge in [0.2, 0.25) is 5.89 Å². The number of oxazole rings is 1. The number of nitrogens with zero attached hydrogens (tertiary/aromatic N) is 2. The van der Waals surface area contributed by atoms with E-state index in [0.717, 1.165) is 49.7 Å². The van der Waals surface area contributed by atoms with E-state index in [1.807, 2.05) is 66.7 Å². The highest BCUT2D eigenvalue weighted by Gasteiger charge is 2.25. The fraction of sp³-hybridized carbons (Fsp3) is 0. The summed E-state index contributed by atoms with van der Waals surface area (Å²) in [6, 6.07) is 30.2. The summed E-state index contributed by atoms with van der Waals surface area (Å²) in [5.41, 5.74) is 5.60. The lowest BCUT2D eigenvalue weighted by atomic mass is 10.1. The monoisotopic (exact) mass is 454 g/mol. The van der Waals surface area contributed by atoms with Crippen LogP contribution in [0, 0.1) is 0 Å². The molecule has 6 rings (SSSR count). The molecule has 30 heavy (non-hydrogen) atoms. The fourth-order valence-electron chi connectivity index (χ4n) is 3.76. The van der Waals surface area contributed by atoms with Gasteiger partial charge in [0, 0.05) is 15.7 Å². The van der Waals surface area contributed by atoms with Crippen LogP contribution in [0.2, 0.25) is 0 Å². The third-order valence-corrected chi connectivity index (χ3v) is 5.65. The molecule has 4 nitrogen and oxygen atoms in total. The molecule has 4 aromatic carbocycles. The topological polar surface area (TPSA) is 38.5 Å². The van der Waals surface area contributed by atoms with Gasteiger partial charge >= 0.3 is 0 Å². The Bertz CT molecular complexity index is 1350. The van der Waals surface area contributed by atoms with E-state index in [2.05, 4.69) is 50.1 Å². The Morgan fingerprint density at radius 2 is 1.40 bits per heavy atom. The maximum atomic E-state index is 6.10. The number of benzene rings is 4. The Morgan fingerprint density at radius 3 is 2.10 bits per heavy atom. The maximum Gasteiger partial charge on any atom is 0.227 e. The van der Waals surface area contributed by atoms with Gasteiger partial charge in [-0.1, -0.05) is 40.2 Å². The van der Waals surface area contributed by atoms with E-state index in [1.54, 1.807) is 0 Å². The molecule has 0 fully saturated rings. The van der Waals surface area contributed by atoms with Gasteiger partial charge in [-0.2, -0.15) is 0 Å². The predicted octanol–water partition coefficient (Wildman–Crippen LogP) is 7.83. The highest BCUT2D eigenvalue weighted by molar-refractivity contribution is 9.10. The van der Waals surface area contributed by atoms with Crippen LogP contribution >= 0.6 is 15.9 Å². The molecule has 1 aliphatic rings. The van der Waals surface area contributed by atoms with Crippen molar-refractivity contribution >= 4 is 44.1 Å². The Balaban J connectivity index is 1.43. The van der Waals surface area contributed by atoms with Gasteiger partial charge in [-0.25, -0.2) is 4.98 Å². The van der Waals surface area contributed by atoms with Crippen molar-refractivity contribution in [3.8, 4) is 23.0 Å². The molecule has 144 valence electrons. The van der Waals surface area contributed by atoms with Gasteiger partial charge in [0.25, 0.3) is 0 Å². The number of aromatic nitrogens is 1. The molecular formula is C25H15BrN2O2. The third kappa shape index (κ3) is 2.78. The van der Waals surface area contributed by atoms with Crippen LogP contribution in [-0.2, 0) is 0 Å². The minimum absolute atomic E-state index is 0.609. The Hall–Kier alpha value is -3.57. The number of rotatable bonds is 2. The van der Waals surface area contributed by atoms with E-state index in [1.165, 1.54) is 0 Å². The molecule has 0 spiro atoms. The summed E-state index contributed by atoms with van der Waals surface area (Å²) < 4.78 is 13.0. The van der Waals surface area contributed by atoms with Crippen molar-refractivity contribution in [1.82, 2.24) is 4.98 Å². The molecule has 0 aliphatic carbocycles. The first-order valence-electron chi connectivity index (χ1n) is 9.59. The molecule has 0 amide bonds. The van der Waals surface area contributed by atoms with Crippen LogP contribution in [0.3, 0.4) is 0 Å². The average molecular weight is 455 g/mol. The van der Waals surface area contributed by atoms with Crippen LogP contribution in [0.25, 0.3) is 22.6 Å². The summed E-state index contributed by atoms with van der Waals surface area (Å²) in [6.45, 7) is 0. The zero-order valence-electron chi connectivity index (χ0n) is 15.7. The number of para-hydroxylation sites is 4. The molecule has 0 bridgehead atoms. The van der Waals surface area contributed by atoms with E-state index in [4.69, 9.17) is 9.15 Å². The number of hydrogen-bond acceptors (Lipinski definition) is 4. The van der Waals surface area contributed by atoms with Crippen LogP contribution < -0.4 is 9.64 Å². The molecule has 0 N–H and O–H groups in total. The number of halogens is 1. The lowest BCUT2D eigenvalue weighted by molar-refractivity contribution is 0.477. The minimum atomic E-state index is 0.609. The first-order valence-corrected chi connectivity index (χ1v) is 10.4. The van der Waals surface area contributed by atoms with Gasteiger partial charge in [-0.05, 0) is 66.7 Å². The zero-order valence-corrected chi connectivity index (χ0v) is 17.3. The molecular weight excluding hydrogens is 440 g/mol. The predicted molar refractivity (Wildman–Crippen MR) is 122 cm³/mol. The van der Waals surface area contributed by atoms with Gasteiger partial charge in [0.05, 0.1) is 11.4 Å². The summed E-state index contributed by atoms with van der Waals surface area (Å²) >= 11 is 3.47. The molecule has 5 aromatic rings. The highest BCUT2D eigenvalue weighted by atomic mass is 79.9. The molecule has 0 saturated heterocycles. The molecule has 1 aliphatic heterocycles. The van der Waals surface area contributed by atoms with Crippen molar-refractivity contribution < 1.29 is 9.15 Å². The SMILES string of the molecule is Brc1ccc2nc(-c3ccc(N4c5ccccc5Oc5ccccc54)cc3)oc2c1. The van der Waals surface area contributed by atoms with Gasteiger partial charge in [0.1, 0.15) is 5.52 Å². The number of anilines is 3. The molecule has 5 heteroatoms. The second kappa shape index (κ2) is 6.75. The summed E-state index contributed by atoms with van der Waals surface area (Å²) in [5.74, 6) is 2.28. The molecule has 2 heterocycles. The van der Waals surface area contributed by atoms with Crippen LogP contribution in [0.5, 0.6) is 11.5 Å². The van der Waals surface area contributed by atoms with E-state index >= 15 is 0 Å². The summed E-state index contributed by atoms with van der Waals surface area (Å²) in [7, 11) is 0. The van der Waals surface area contributed by atoms with E-state index < -0.39 is 0 Å². The first kappa shape index (κ1) is 17.3. The molecule has 1 aromatic heterocycles. The Morgan fingerprint density at radius 1 is 0.733 bits per heavy atom. The van der Waals surface area contributed by atoms with Gasteiger partial charge in [-0.3, -0.25) is 0 Å². The normalized spacial score (nSPS) is 12.4. The number of ether oxygens (including phenoxy) is 1. The maximum absolute atomic E-state index is 6.10. The second-order valence-electron chi connectivity index (χ2n) is 7.05. The van der Waals surface area contributed by atoms with Crippen LogP contribution in [0.15, 0.2) is 99.9 Å². The summed E-state index contributed by atoms with van der Waals surface area (Å²) in [4.78, 5) is 6.83. The lowest BCUT2D eigenvalue weighted by Crippen LogP contribution is -2.15. The smallest absolute Gasteiger partial charge is 0.227 e. The van der Waals surface area contributed by atoms with Gasteiger partial charge < -0.3 is 14.1 Å². The Kier molecular flexibility index (Phi) is 3.89. The zero-order chi connectivity index (χ0) is 20.1. The minimum Gasteiger partial charge on any atom is -0.453 e. The van der Waals surface area contributed by atoms with Crippen LogP contribution in [-0.4, -0.2) is 4.98 Å². The lowest BCUT2D eigenvalue weighted by Gasteiger charge is -2.32. The molecule has 0 saturated carbocycles. The first-order chi connectivity index (χ1) is 14.8. The molecule has 0 unspecified atom stereocenters. The number of fused-ring (bicyclic) bond motifs is 3. The van der Waals surface area contributed by atoms with Crippen LogP contribution in [0.4, 0.5) is 17.1 Å². The average Bonchev–Trinajstić information content (AvgIpc) is 3.21. The van der Waals surface area contributed by atoms with Crippen molar-refractivity contribution in [2.45, 2.75) is 0 Å². The summed E-state index contributed by atoms with van der Waals surface area (Å²) in [5, 5.41) is 0. The second-order valence-corrected chi connectivity index (χ2v) is 7.97. The molecule has 0 atom stereocenters. The van der Waals surface area contributed by atoms with Crippen molar-refractivity contribution in [2.75, 3.05) is 4.90 Å². The van der Waals surface area contributed by atoms with Crippen LogP contribution in [0.1, 0.15) is 0 Å². The van der Waals surface area contributed by atoms with Gasteiger partial charge in [-0.15, -0.1) is 0 Å². The Labute approximate surface area is 181 Å². The fourth-order valence-corrected chi connectivity index (χ4v) is 4.10. The molecule has 0 radical (unpaired) electrons. The van der Waals surface area contributed by atoms with Crippen molar-refractivity contribution in [2.24, 2.45) is 0 Å². The number of hydrogen-bond donors (Lipinski definition) is 0. The highest BCUT2D eigenvalue weighted by Crippen LogP contribution is 2.50. The van der Waals surface area contributed by atoms with E-state index in [-0.39, 0.29) is 0 Å². The van der Waals surface area contributed by atoms with E-state index in [9.17, 15) is 0 Å².